The second-order valence-corrected chi connectivity index (χ2v) is 4.89. The molecule has 1 aliphatic rings. The third-order valence-electron chi connectivity index (χ3n) is 3.51. The van der Waals surface area contributed by atoms with Crippen LogP contribution in [0.4, 0.5) is 5.69 Å². The zero-order valence-electron chi connectivity index (χ0n) is 10.6. The van der Waals surface area contributed by atoms with Crippen LogP contribution in [-0.4, -0.2) is 10.1 Å². The smallest absolute Gasteiger partial charge is 0.142 e. The highest BCUT2D eigenvalue weighted by Gasteiger charge is 2.23. The number of nitrogens with zero attached hydrogens (tertiary/aromatic N) is 2. The second kappa shape index (κ2) is 4.02. The van der Waals surface area contributed by atoms with Gasteiger partial charge in [0.25, 0.3) is 0 Å². The summed E-state index contributed by atoms with van der Waals surface area (Å²) in [5, 5.41) is 10.0. The van der Waals surface area contributed by atoms with Crippen molar-refractivity contribution >= 4 is 5.69 Å². The van der Waals surface area contributed by atoms with Gasteiger partial charge >= 0.3 is 0 Å². The maximum atomic E-state index is 10.0. The number of rotatable bonds is 1. The lowest BCUT2D eigenvalue weighted by Crippen LogP contribution is -2.14. The molecule has 0 atom stereocenters. The molecule has 1 aliphatic heterocycles. The van der Waals surface area contributed by atoms with E-state index >= 15 is 0 Å². The summed E-state index contributed by atoms with van der Waals surface area (Å²) < 4.78 is 0. The van der Waals surface area contributed by atoms with Crippen molar-refractivity contribution in [1.82, 2.24) is 4.98 Å². The van der Waals surface area contributed by atoms with Crippen molar-refractivity contribution in [2.75, 3.05) is 4.90 Å². The topological polar surface area (TPSA) is 36.4 Å². The summed E-state index contributed by atoms with van der Waals surface area (Å²) in [5.41, 5.74) is 5.30. The first-order valence-corrected chi connectivity index (χ1v) is 6.13. The summed E-state index contributed by atoms with van der Waals surface area (Å²) in [6.07, 6.45) is 1.88. The van der Waals surface area contributed by atoms with Gasteiger partial charge in [0.15, 0.2) is 0 Å². The van der Waals surface area contributed by atoms with Gasteiger partial charge in [0.1, 0.15) is 5.75 Å². The van der Waals surface area contributed by atoms with E-state index in [0.29, 0.717) is 11.4 Å². The number of hydrogen-bond donors (Lipinski definition) is 1. The Balaban J connectivity index is 1.96. The highest BCUT2D eigenvalue weighted by atomic mass is 16.3. The Hall–Kier alpha value is -2.03. The van der Waals surface area contributed by atoms with E-state index < -0.39 is 0 Å². The van der Waals surface area contributed by atoms with E-state index in [-0.39, 0.29) is 0 Å². The quantitative estimate of drug-likeness (QED) is 0.832. The first kappa shape index (κ1) is 11.1. The summed E-state index contributed by atoms with van der Waals surface area (Å²) in [6.45, 7) is 5.51. The third-order valence-corrected chi connectivity index (χ3v) is 3.51. The van der Waals surface area contributed by atoms with E-state index in [9.17, 15) is 5.11 Å². The fourth-order valence-electron chi connectivity index (χ4n) is 2.46. The van der Waals surface area contributed by atoms with Crippen molar-refractivity contribution in [2.24, 2.45) is 0 Å². The SMILES string of the molecule is Cc1cccc(N2Cc3cnc(C)c(O)c3C2)c1. The Morgan fingerprint density at radius 2 is 2.06 bits per heavy atom. The van der Waals surface area contributed by atoms with Gasteiger partial charge in [0, 0.05) is 30.5 Å². The van der Waals surface area contributed by atoms with Gasteiger partial charge in [-0.05, 0) is 37.1 Å². The van der Waals surface area contributed by atoms with Crippen molar-refractivity contribution in [1.29, 1.82) is 0 Å². The second-order valence-electron chi connectivity index (χ2n) is 4.89. The molecule has 3 heteroatoms. The molecule has 1 aromatic carbocycles. The fraction of sp³-hybridized carbons (Fsp3) is 0.267. The van der Waals surface area contributed by atoms with E-state index in [4.69, 9.17) is 0 Å². The number of aromatic hydroxyl groups is 1. The van der Waals surface area contributed by atoms with Crippen LogP contribution in [0.25, 0.3) is 0 Å². The van der Waals surface area contributed by atoms with E-state index in [2.05, 4.69) is 41.1 Å². The number of anilines is 1. The van der Waals surface area contributed by atoms with Crippen LogP contribution >= 0.6 is 0 Å². The highest BCUT2D eigenvalue weighted by Crippen LogP contribution is 2.34. The van der Waals surface area contributed by atoms with Gasteiger partial charge in [-0.3, -0.25) is 4.98 Å². The Morgan fingerprint density at radius 3 is 2.83 bits per heavy atom. The summed E-state index contributed by atoms with van der Waals surface area (Å²) >= 11 is 0. The Bertz CT molecular complexity index is 607. The molecular formula is C15H16N2O. The molecule has 0 saturated carbocycles. The van der Waals surface area contributed by atoms with Gasteiger partial charge < -0.3 is 10.0 Å². The Morgan fingerprint density at radius 1 is 1.22 bits per heavy atom. The zero-order chi connectivity index (χ0) is 12.7. The monoisotopic (exact) mass is 240 g/mol. The maximum Gasteiger partial charge on any atom is 0.142 e. The Kier molecular flexibility index (Phi) is 2.47. The van der Waals surface area contributed by atoms with E-state index in [1.54, 1.807) is 0 Å². The largest absolute Gasteiger partial charge is 0.506 e. The third kappa shape index (κ3) is 1.72. The number of fused-ring (bicyclic) bond motifs is 1. The van der Waals surface area contributed by atoms with Crippen LogP contribution in [0.2, 0.25) is 0 Å². The molecular weight excluding hydrogens is 224 g/mol. The molecule has 0 amide bonds. The number of benzene rings is 1. The average Bonchev–Trinajstić information content (AvgIpc) is 2.79. The lowest BCUT2D eigenvalue weighted by molar-refractivity contribution is 0.461. The molecule has 0 aliphatic carbocycles. The molecule has 0 radical (unpaired) electrons. The minimum absolute atomic E-state index is 0.350. The molecule has 0 saturated heterocycles. The fourth-order valence-corrected chi connectivity index (χ4v) is 2.46. The van der Waals surface area contributed by atoms with Crippen molar-refractivity contribution in [3.05, 3.63) is 52.8 Å². The molecule has 0 fully saturated rings. The van der Waals surface area contributed by atoms with Crippen molar-refractivity contribution in [3.8, 4) is 5.75 Å². The molecule has 2 heterocycles. The molecule has 0 bridgehead atoms. The number of aryl methyl sites for hydroxylation is 2. The molecule has 0 spiro atoms. The number of pyridine rings is 1. The van der Waals surface area contributed by atoms with Crippen LogP contribution in [0, 0.1) is 13.8 Å². The van der Waals surface area contributed by atoms with Crippen molar-refractivity contribution in [2.45, 2.75) is 26.9 Å². The van der Waals surface area contributed by atoms with Crippen LogP contribution in [0.15, 0.2) is 30.5 Å². The van der Waals surface area contributed by atoms with Crippen LogP contribution < -0.4 is 4.90 Å². The standard InChI is InChI=1S/C15H16N2O/c1-10-4-3-5-13(6-10)17-8-12-7-16-11(2)15(18)14(12)9-17/h3-7,18H,8-9H2,1-2H3. The van der Waals surface area contributed by atoms with Crippen LogP contribution in [0.1, 0.15) is 22.4 Å². The van der Waals surface area contributed by atoms with Gasteiger partial charge in [0.05, 0.1) is 5.69 Å². The molecule has 3 nitrogen and oxygen atoms in total. The molecule has 92 valence electrons. The molecule has 1 N–H and O–H groups in total. The van der Waals surface area contributed by atoms with Crippen molar-refractivity contribution in [3.63, 3.8) is 0 Å². The summed E-state index contributed by atoms with van der Waals surface area (Å²) in [5.74, 6) is 0.350. The zero-order valence-corrected chi connectivity index (χ0v) is 10.6. The first-order chi connectivity index (χ1) is 8.65. The lowest BCUT2D eigenvalue weighted by atomic mass is 10.1. The molecule has 0 unspecified atom stereocenters. The minimum Gasteiger partial charge on any atom is -0.506 e. The van der Waals surface area contributed by atoms with Gasteiger partial charge in [-0.1, -0.05) is 12.1 Å². The van der Waals surface area contributed by atoms with Crippen LogP contribution in [-0.2, 0) is 13.1 Å². The average molecular weight is 240 g/mol. The minimum atomic E-state index is 0.350. The predicted octanol–water partition coefficient (Wildman–Crippen LogP) is 2.92. The normalized spacial score (nSPS) is 13.8. The van der Waals surface area contributed by atoms with Gasteiger partial charge in [-0.2, -0.15) is 0 Å². The number of aromatic nitrogens is 1. The van der Waals surface area contributed by atoms with Gasteiger partial charge in [0.2, 0.25) is 0 Å². The molecule has 2 aromatic rings. The summed E-state index contributed by atoms with van der Waals surface area (Å²) in [7, 11) is 0. The summed E-state index contributed by atoms with van der Waals surface area (Å²) in [4.78, 5) is 6.48. The van der Waals surface area contributed by atoms with Crippen LogP contribution in [0.5, 0.6) is 5.75 Å². The molecule has 1 aromatic heterocycles. The van der Waals surface area contributed by atoms with Gasteiger partial charge in [-0.25, -0.2) is 0 Å². The molecule has 18 heavy (non-hydrogen) atoms. The highest BCUT2D eigenvalue weighted by molar-refractivity contribution is 5.55. The van der Waals surface area contributed by atoms with Crippen LogP contribution in [0.3, 0.4) is 0 Å². The predicted molar refractivity (Wildman–Crippen MR) is 71.7 cm³/mol. The van der Waals surface area contributed by atoms with E-state index in [1.165, 1.54) is 11.3 Å². The lowest BCUT2D eigenvalue weighted by Gasteiger charge is -2.18. The first-order valence-electron chi connectivity index (χ1n) is 6.13. The number of hydrogen-bond acceptors (Lipinski definition) is 3. The van der Waals surface area contributed by atoms with Crippen molar-refractivity contribution < 1.29 is 5.11 Å². The van der Waals surface area contributed by atoms with E-state index in [0.717, 1.165) is 24.2 Å². The molecule has 3 rings (SSSR count). The maximum absolute atomic E-state index is 10.0. The summed E-state index contributed by atoms with van der Waals surface area (Å²) in [6, 6.07) is 8.44. The van der Waals surface area contributed by atoms with E-state index in [1.807, 2.05) is 13.1 Å². The van der Waals surface area contributed by atoms with Gasteiger partial charge in [-0.15, -0.1) is 0 Å². The Labute approximate surface area is 107 Å².